The van der Waals surface area contributed by atoms with Crippen molar-refractivity contribution in [1.29, 1.82) is 0 Å². The van der Waals surface area contributed by atoms with Crippen molar-refractivity contribution in [2.24, 2.45) is 11.7 Å². The normalized spacial score (nSPS) is 12.3. The minimum absolute atomic E-state index is 0.0273. The quantitative estimate of drug-likeness (QED) is 0.586. The van der Waals surface area contributed by atoms with Gasteiger partial charge in [0.15, 0.2) is 17.4 Å². The van der Waals surface area contributed by atoms with Gasteiger partial charge in [-0.1, -0.05) is 26.1 Å². The van der Waals surface area contributed by atoms with Crippen LogP contribution in [-0.2, 0) is 0 Å². The predicted octanol–water partition coefficient (Wildman–Crippen LogP) is 1.85. The van der Waals surface area contributed by atoms with Gasteiger partial charge in [0.05, 0.1) is 16.6 Å². The van der Waals surface area contributed by atoms with Crippen LogP contribution in [-0.4, -0.2) is 22.0 Å². The number of benzene rings is 1. The van der Waals surface area contributed by atoms with Crippen LogP contribution >= 0.6 is 12.2 Å². The summed E-state index contributed by atoms with van der Waals surface area (Å²) in [6.07, 6.45) is 0. The van der Waals surface area contributed by atoms with Gasteiger partial charge in [-0.05, 0) is 12.0 Å². The summed E-state index contributed by atoms with van der Waals surface area (Å²) >= 11 is 4.75. The van der Waals surface area contributed by atoms with Gasteiger partial charge in [0.2, 0.25) is 5.82 Å². The standard InChI is InChI=1S/C12H13F3N2O2S/c1-4(2)9(11(16)20)17-12(19)5-3-6(13)8(15)10(18)7(5)14/h3-4,9,18H,1-2H3,(H2,16,20)(H,17,19). The average Bonchev–Trinajstić information content (AvgIpc) is 2.36. The highest BCUT2D eigenvalue weighted by molar-refractivity contribution is 7.80. The van der Waals surface area contributed by atoms with Crippen LogP contribution in [0.5, 0.6) is 5.75 Å². The van der Waals surface area contributed by atoms with E-state index in [1.54, 1.807) is 13.8 Å². The molecule has 1 aromatic carbocycles. The first kappa shape index (κ1) is 16.2. The van der Waals surface area contributed by atoms with E-state index in [9.17, 15) is 18.0 Å². The molecule has 1 rings (SSSR count). The zero-order valence-electron chi connectivity index (χ0n) is 10.7. The zero-order valence-corrected chi connectivity index (χ0v) is 11.5. The molecule has 0 fully saturated rings. The lowest BCUT2D eigenvalue weighted by Gasteiger charge is -2.21. The fraction of sp³-hybridized carbons (Fsp3) is 0.333. The molecule has 4 nitrogen and oxygen atoms in total. The fourth-order valence-corrected chi connectivity index (χ4v) is 1.87. The van der Waals surface area contributed by atoms with Crippen LogP contribution in [0.4, 0.5) is 13.2 Å². The molecule has 0 saturated carbocycles. The van der Waals surface area contributed by atoms with Crippen molar-refractivity contribution in [2.75, 3.05) is 0 Å². The molecule has 0 radical (unpaired) electrons. The average molecular weight is 306 g/mol. The lowest BCUT2D eigenvalue weighted by molar-refractivity contribution is 0.0934. The molecule has 0 aliphatic carbocycles. The van der Waals surface area contributed by atoms with Crippen LogP contribution in [0.25, 0.3) is 0 Å². The van der Waals surface area contributed by atoms with E-state index in [4.69, 9.17) is 23.1 Å². The van der Waals surface area contributed by atoms with Crippen molar-refractivity contribution in [2.45, 2.75) is 19.9 Å². The Kier molecular flexibility index (Phi) is 4.93. The molecule has 1 atom stereocenters. The number of amides is 1. The number of carbonyl (C=O) groups excluding carboxylic acids is 1. The Morgan fingerprint density at radius 1 is 1.35 bits per heavy atom. The number of phenols is 1. The van der Waals surface area contributed by atoms with E-state index in [-0.39, 0.29) is 10.9 Å². The fourth-order valence-electron chi connectivity index (χ4n) is 1.54. The molecule has 1 amide bonds. The molecule has 110 valence electrons. The minimum atomic E-state index is -1.76. The second-order valence-corrected chi connectivity index (χ2v) is 4.95. The van der Waals surface area contributed by atoms with Crippen molar-refractivity contribution in [3.05, 3.63) is 29.1 Å². The molecule has 0 aliphatic heterocycles. The largest absolute Gasteiger partial charge is 0.503 e. The molecule has 1 unspecified atom stereocenters. The van der Waals surface area contributed by atoms with Crippen molar-refractivity contribution in [3.8, 4) is 5.75 Å². The number of halogens is 3. The highest BCUT2D eigenvalue weighted by atomic mass is 32.1. The predicted molar refractivity (Wildman–Crippen MR) is 70.9 cm³/mol. The summed E-state index contributed by atoms with van der Waals surface area (Å²) in [7, 11) is 0. The van der Waals surface area contributed by atoms with Crippen LogP contribution in [0.1, 0.15) is 24.2 Å². The third-order valence-electron chi connectivity index (χ3n) is 2.64. The van der Waals surface area contributed by atoms with Crippen LogP contribution < -0.4 is 11.1 Å². The molecule has 4 N–H and O–H groups in total. The Morgan fingerprint density at radius 3 is 2.35 bits per heavy atom. The van der Waals surface area contributed by atoms with Gasteiger partial charge in [-0.25, -0.2) is 8.78 Å². The topological polar surface area (TPSA) is 75.3 Å². The van der Waals surface area contributed by atoms with Crippen LogP contribution in [0.15, 0.2) is 6.07 Å². The number of hydrogen-bond acceptors (Lipinski definition) is 3. The van der Waals surface area contributed by atoms with E-state index in [0.717, 1.165) is 0 Å². The van der Waals surface area contributed by atoms with Gasteiger partial charge < -0.3 is 16.2 Å². The molecule has 0 aromatic heterocycles. The Labute approximate surface area is 118 Å². The van der Waals surface area contributed by atoms with E-state index in [1.807, 2.05) is 0 Å². The number of phenolic OH excluding ortho intramolecular Hbond substituents is 1. The van der Waals surface area contributed by atoms with Crippen molar-refractivity contribution < 1.29 is 23.1 Å². The SMILES string of the molecule is CC(C)C(NC(=O)c1cc(F)c(F)c(O)c1F)C(N)=S. The third kappa shape index (κ3) is 3.19. The molecule has 0 bridgehead atoms. The van der Waals surface area contributed by atoms with Gasteiger partial charge in [-0.3, -0.25) is 4.79 Å². The molecule has 1 aromatic rings. The van der Waals surface area contributed by atoms with E-state index < -0.39 is 40.7 Å². The van der Waals surface area contributed by atoms with E-state index in [0.29, 0.717) is 6.07 Å². The molecule has 20 heavy (non-hydrogen) atoms. The number of hydrogen-bond donors (Lipinski definition) is 3. The number of aromatic hydroxyl groups is 1. The highest BCUT2D eigenvalue weighted by Gasteiger charge is 2.25. The van der Waals surface area contributed by atoms with Gasteiger partial charge >= 0.3 is 0 Å². The summed E-state index contributed by atoms with van der Waals surface area (Å²) < 4.78 is 39.6. The third-order valence-corrected chi connectivity index (χ3v) is 2.89. The molecule has 0 aliphatic rings. The zero-order chi connectivity index (χ0) is 15.6. The van der Waals surface area contributed by atoms with E-state index in [1.165, 1.54) is 0 Å². The second kappa shape index (κ2) is 6.08. The number of rotatable bonds is 4. The summed E-state index contributed by atoms with van der Waals surface area (Å²) in [4.78, 5) is 11.8. The Hall–Kier alpha value is -1.83. The smallest absolute Gasteiger partial charge is 0.255 e. The van der Waals surface area contributed by atoms with Crippen molar-refractivity contribution in [3.63, 3.8) is 0 Å². The van der Waals surface area contributed by atoms with Gasteiger partial charge in [-0.2, -0.15) is 4.39 Å². The van der Waals surface area contributed by atoms with Gasteiger partial charge in [0.25, 0.3) is 5.91 Å². The maximum absolute atomic E-state index is 13.6. The number of nitrogens with two attached hydrogens (primary N) is 1. The second-order valence-electron chi connectivity index (χ2n) is 4.48. The minimum Gasteiger partial charge on any atom is -0.503 e. The lowest BCUT2D eigenvalue weighted by atomic mass is 10.0. The number of thiocarbonyl (C=S) groups is 1. The molecule has 0 spiro atoms. The lowest BCUT2D eigenvalue weighted by Crippen LogP contribution is -2.47. The first-order valence-electron chi connectivity index (χ1n) is 5.63. The van der Waals surface area contributed by atoms with E-state index >= 15 is 0 Å². The maximum Gasteiger partial charge on any atom is 0.255 e. The first-order valence-corrected chi connectivity index (χ1v) is 6.04. The van der Waals surface area contributed by atoms with Gasteiger partial charge in [-0.15, -0.1) is 0 Å². The van der Waals surface area contributed by atoms with Crippen molar-refractivity contribution >= 4 is 23.1 Å². The van der Waals surface area contributed by atoms with Crippen LogP contribution in [0.2, 0.25) is 0 Å². The van der Waals surface area contributed by atoms with Gasteiger partial charge in [0.1, 0.15) is 0 Å². The maximum atomic E-state index is 13.6. The summed E-state index contributed by atoms with van der Waals surface area (Å²) in [6.45, 7) is 3.42. The molecular formula is C12H13F3N2O2S. The van der Waals surface area contributed by atoms with Gasteiger partial charge in [0, 0.05) is 0 Å². The molecule has 0 saturated heterocycles. The molecule has 0 heterocycles. The van der Waals surface area contributed by atoms with Crippen LogP contribution in [0.3, 0.4) is 0 Å². The van der Waals surface area contributed by atoms with Crippen LogP contribution in [0, 0.1) is 23.4 Å². The molecule has 8 heteroatoms. The highest BCUT2D eigenvalue weighted by Crippen LogP contribution is 2.25. The number of carbonyl (C=O) groups is 1. The summed E-state index contributed by atoms with van der Waals surface area (Å²) in [6, 6.07) is -0.386. The Morgan fingerprint density at radius 2 is 1.90 bits per heavy atom. The molecular weight excluding hydrogens is 293 g/mol. The van der Waals surface area contributed by atoms with E-state index in [2.05, 4.69) is 5.32 Å². The Bertz CT molecular complexity index is 564. The summed E-state index contributed by atoms with van der Waals surface area (Å²) in [5, 5.41) is 11.4. The monoisotopic (exact) mass is 306 g/mol. The van der Waals surface area contributed by atoms with Crippen molar-refractivity contribution in [1.82, 2.24) is 5.32 Å². The Balaban J connectivity index is 3.13. The number of nitrogens with one attached hydrogen (secondary N) is 1. The summed E-state index contributed by atoms with van der Waals surface area (Å²) in [5.41, 5.74) is 4.60. The summed E-state index contributed by atoms with van der Waals surface area (Å²) in [5.74, 6) is -7.63. The first-order chi connectivity index (χ1) is 9.16.